The van der Waals surface area contributed by atoms with E-state index in [2.05, 4.69) is 10.6 Å². The van der Waals surface area contributed by atoms with E-state index in [0.29, 0.717) is 12.0 Å². The van der Waals surface area contributed by atoms with Crippen molar-refractivity contribution < 1.29 is 9.59 Å². The molecule has 2 N–H and O–H groups in total. The number of piperazine rings is 1. The van der Waals surface area contributed by atoms with Gasteiger partial charge in [-0.15, -0.1) is 12.4 Å². The lowest BCUT2D eigenvalue weighted by Gasteiger charge is -2.33. The molecule has 2 amide bonds. The Bertz CT molecular complexity index is 395. The van der Waals surface area contributed by atoms with E-state index in [1.54, 1.807) is 0 Å². The summed E-state index contributed by atoms with van der Waals surface area (Å²) in [6, 6.07) is 0.00796. The fourth-order valence-electron chi connectivity index (χ4n) is 3.46. The molecule has 126 valence electrons. The number of halogens is 1. The topological polar surface area (TPSA) is 61.4 Å². The molecule has 1 atom stereocenters. The second kappa shape index (κ2) is 8.16. The summed E-state index contributed by atoms with van der Waals surface area (Å²) in [6.45, 7) is 2.48. The van der Waals surface area contributed by atoms with Crippen LogP contribution in [0.2, 0.25) is 0 Å². The molecule has 3 fully saturated rings. The molecular weight excluding hydrogens is 302 g/mol. The minimum absolute atomic E-state index is 0. The van der Waals surface area contributed by atoms with Crippen molar-refractivity contribution in [3.63, 3.8) is 0 Å². The fourth-order valence-corrected chi connectivity index (χ4v) is 3.46. The summed E-state index contributed by atoms with van der Waals surface area (Å²) in [5.41, 5.74) is 0. The van der Waals surface area contributed by atoms with Crippen LogP contribution in [0.25, 0.3) is 0 Å². The van der Waals surface area contributed by atoms with Gasteiger partial charge in [-0.05, 0) is 31.6 Å². The zero-order chi connectivity index (χ0) is 14.7. The van der Waals surface area contributed by atoms with Crippen LogP contribution in [0.1, 0.15) is 51.4 Å². The van der Waals surface area contributed by atoms with Crippen LogP contribution in [0.15, 0.2) is 0 Å². The van der Waals surface area contributed by atoms with E-state index < -0.39 is 0 Å². The molecule has 0 radical (unpaired) electrons. The van der Waals surface area contributed by atoms with Crippen molar-refractivity contribution in [1.82, 2.24) is 15.5 Å². The number of nitrogens with one attached hydrogen (secondary N) is 2. The average molecular weight is 330 g/mol. The van der Waals surface area contributed by atoms with Gasteiger partial charge in [0.25, 0.3) is 0 Å². The summed E-state index contributed by atoms with van der Waals surface area (Å²) in [7, 11) is 0. The number of rotatable bonds is 5. The van der Waals surface area contributed by atoms with E-state index in [4.69, 9.17) is 0 Å². The van der Waals surface area contributed by atoms with Gasteiger partial charge < -0.3 is 15.5 Å². The first-order chi connectivity index (χ1) is 10.2. The molecule has 1 heterocycles. The van der Waals surface area contributed by atoms with Gasteiger partial charge in [-0.25, -0.2) is 0 Å². The van der Waals surface area contributed by atoms with E-state index in [1.807, 2.05) is 4.90 Å². The summed E-state index contributed by atoms with van der Waals surface area (Å²) in [4.78, 5) is 26.5. The number of carbonyl (C=O) groups is 2. The molecule has 0 spiro atoms. The van der Waals surface area contributed by atoms with Crippen molar-refractivity contribution in [2.45, 2.75) is 63.5 Å². The summed E-state index contributed by atoms with van der Waals surface area (Å²) in [6.07, 6.45) is 8.67. The number of hydrogen-bond acceptors (Lipinski definition) is 3. The third-order valence-electron chi connectivity index (χ3n) is 4.92. The molecule has 2 saturated carbocycles. The van der Waals surface area contributed by atoms with E-state index in [-0.39, 0.29) is 36.7 Å². The van der Waals surface area contributed by atoms with Crippen LogP contribution < -0.4 is 10.6 Å². The summed E-state index contributed by atoms with van der Waals surface area (Å²) < 4.78 is 0. The molecule has 0 aromatic heterocycles. The average Bonchev–Trinajstić information content (AvgIpc) is 3.28. The molecule has 1 aliphatic heterocycles. The number of amides is 2. The lowest BCUT2D eigenvalue weighted by molar-refractivity contribution is -0.138. The Morgan fingerprint density at radius 2 is 1.91 bits per heavy atom. The highest BCUT2D eigenvalue weighted by atomic mass is 35.5. The fraction of sp³-hybridized carbons (Fsp3) is 0.875. The maximum atomic E-state index is 12.4. The molecule has 6 heteroatoms. The van der Waals surface area contributed by atoms with E-state index in [0.717, 1.165) is 32.5 Å². The number of carbonyl (C=O) groups excluding carboxylic acids is 2. The highest BCUT2D eigenvalue weighted by Gasteiger charge is 2.34. The first kappa shape index (κ1) is 17.5. The predicted octanol–water partition coefficient (Wildman–Crippen LogP) is 1.46. The largest absolute Gasteiger partial charge is 0.353 e. The minimum atomic E-state index is -0.318. The highest BCUT2D eigenvalue weighted by molar-refractivity contribution is 5.89. The normalized spacial score (nSPS) is 26.5. The van der Waals surface area contributed by atoms with Gasteiger partial charge >= 0.3 is 0 Å². The van der Waals surface area contributed by atoms with Crippen LogP contribution in [0.5, 0.6) is 0 Å². The first-order valence-electron chi connectivity index (χ1n) is 8.54. The van der Waals surface area contributed by atoms with Crippen molar-refractivity contribution in [2.24, 2.45) is 5.92 Å². The monoisotopic (exact) mass is 329 g/mol. The van der Waals surface area contributed by atoms with Crippen LogP contribution >= 0.6 is 12.4 Å². The lowest BCUT2D eigenvalue weighted by Crippen LogP contribution is -2.57. The predicted molar refractivity (Wildman–Crippen MR) is 88.0 cm³/mol. The second-order valence-corrected chi connectivity index (χ2v) is 6.84. The molecule has 22 heavy (non-hydrogen) atoms. The van der Waals surface area contributed by atoms with Crippen molar-refractivity contribution in [3.8, 4) is 0 Å². The van der Waals surface area contributed by atoms with Crippen molar-refractivity contribution in [1.29, 1.82) is 0 Å². The van der Waals surface area contributed by atoms with Crippen LogP contribution in [0.4, 0.5) is 0 Å². The minimum Gasteiger partial charge on any atom is -0.353 e. The Morgan fingerprint density at radius 1 is 1.18 bits per heavy atom. The molecule has 3 rings (SSSR count). The Hall–Kier alpha value is -0.810. The third-order valence-corrected chi connectivity index (χ3v) is 4.92. The van der Waals surface area contributed by atoms with Gasteiger partial charge in [-0.1, -0.05) is 19.3 Å². The standard InChI is InChI=1S/C16H27N3O2.ClH/c20-15(18-13-4-2-1-3-5-13)10-14-16(21)19(9-8-17-14)11-12-6-7-12;/h12-14,17H,1-11H2,(H,18,20);1H. The van der Waals surface area contributed by atoms with Crippen LogP contribution in [0.3, 0.4) is 0 Å². The van der Waals surface area contributed by atoms with Gasteiger partial charge in [-0.3, -0.25) is 9.59 Å². The zero-order valence-electron chi connectivity index (χ0n) is 13.2. The van der Waals surface area contributed by atoms with E-state index >= 15 is 0 Å². The summed E-state index contributed by atoms with van der Waals surface area (Å²) in [5.74, 6) is 0.858. The molecule has 1 saturated heterocycles. The van der Waals surface area contributed by atoms with Gasteiger partial charge in [0.1, 0.15) is 0 Å². The molecular formula is C16H28ClN3O2. The molecule has 0 aromatic carbocycles. The van der Waals surface area contributed by atoms with Crippen LogP contribution in [0, 0.1) is 5.92 Å². The van der Waals surface area contributed by atoms with Crippen molar-refractivity contribution >= 4 is 24.2 Å². The first-order valence-corrected chi connectivity index (χ1v) is 8.54. The molecule has 5 nitrogen and oxygen atoms in total. The zero-order valence-corrected chi connectivity index (χ0v) is 14.0. The molecule has 0 bridgehead atoms. The molecule has 0 aromatic rings. The Morgan fingerprint density at radius 3 is 2.59 bits per heavy atom. The quantitative estimate of drug-likeness (QED) is 0.802. The van der Waals surface area contributed by atoms with Gasteiger partial charge in [-0.2, -0.15) is 0 Å². The van der Waals surface area contributed by atoms with Crippen LogP contribution in [-0.2, 0) is 9.59 Å². The van der Waals surface area contributed by atoms with Gasteiger partial charge in [0.2, 0.25) is 11.8 Å². The lowest BCUT2D eigenvalue weighted by atomic mass is 9.95. The molecule has 3 aliphatic rings. The van der Waals surface area contributed by atoms with Gasteiger partial charge in [0.05, 0.1) is 12.5 Å². The number of hydrogen-bond donors (Lipinski definition) is 2. The van der Waals surface area contributed by atoms with Gasteiger partial charge in [0.15, 0.2) is 0 Å². The van der Waals surface area contributed by atoms with Gasteiger partial charge in [0, 0.05) is 25.7 Å². The summed E-state index contributed by atoms with van der Waals surface area (Å²) in [5, 5.41) is 6.31. The summed E-state index contributed by atoms with van der Waals surface area (Å²) >= 11 is 0. The number of nitrogens with zero attached hydrogens (tertiary/aromatic N) is 1. The SMILES string of the molecule is Cl.O=C(CC1NCCN(CC2CC2)C1=O)NC1CCCCC1. The Balaban J connectivity index is 0.00000176. The Kier molecular flexibility index (Phi) is 6.50. The van der Waals surface area contributed by atoms with Crippen molar-refractivity contribution in [3.05, 3.63) is 0 Å². The smallest absolute Gasteiger partial charge is 0.240 e. The maximum Gasteiger partial charge on any atom is 0.240 e. The van der Waals surface area contributed by atoms with E-state index in [1.165, 1.54) is 32.1 Å². The maximum absolute atomic E-state index is 12.4. The third kappa shape index (κ3) is 4.85. The van der Waals surface area contributed by atoms with Crippen molar-refractivity contribution in [2.75, 3.05) is 19.6 Å². The van der Waals surface area contributed by atoms with Crippen LogP contribution in [-0.4, -0.2) is 48.4 Å². The molecule has 1 unspecified atom stereocenters. The van der Waals surface area contributed by atoms with E-state index in [9.17, 15) is 9.59 Å². The highest BCUT2D eigenvalue weighted by Crippen LogP contribution is 2.30. The second-order valence-electron chi connectivity index (χ2n) is 6.84. The Labute approximate surface area is 139 Å². The molecule has 2 aliphatic carbocycles.